The highest BCUT2D eigenvalue weighted by Gasteiger charge is 1.88. The van der Waals surface area contributed by atoms with E-state index in [1.54, 1.807) is 0 Å². The van der Waals surface area contributed by atoms with Crippen LogP contribution in [0.1, 0.15) is 19.0 Å². The molecule has 0 spiro atoms. The molecule has 0 aliphatic heterocycles. The summed E-state index contributed by atoms with van der Waals surface area (Å²) in [7, 11) is 0.993. The fourth-order valence-corrected chi connectivity index (χ4v) is 1.15. The summed E-state index contributed by atoms with van der Waals surface area (Å²) < 4.78 is 7.15. The van der Waals surface area contributed by atoms with E-state index in [4.69, 9.17) is 0 Å². The van der Waals surface area contributed by atoms with Gasteiger partial charge >= 0.3 is 0 Å². The number of rotatable bonds is 2. The maximum Gasteiger partial charge on any atom is 0.129 e. The Labute approximate surface area is 50.6 Å². The molecule has 1 aromatic heterocycles. The standard InChI is InChI=1S/C5H9N2P/c1-2-3-5-4-6-8-7-5/h4H,2-3H2,1H3,(H,6,7). The predicted molar refractivity (Wildman–Crippen MR) is 35.1 cm³/mol. The van der Waals surface area contributed by atoms with Crippen molar-refractivity contribution < 1.29 is 0 Å². The van der Waals surface area contributed by atoms with Gasteiger partial charge in [0.25, 0.3) is 0 Å². The minimum absolute atomic E-state index is 0.993. The highest BCUT2D eigenvalue weighted by Crippen LogP contribution is 2.00. The van der Waals surface area contributed by atoms with Gasteiger partial charge in [-0.15, -0.1) is 0 Å². The minimum atomic E-state index is 0.993. The third-order valence-electron chi connectivity index (χ3n) is 0.973. The van der Waals surface area contributed by atoms with Crippen LogP contribution < -0.4 is 0 Å². The van der Waals surface area contributed by atoms with Crippen LogP contribution in [-0.4, -0.2) is 9.49 Å². The summed E-state index contributed by atoms with van der Waals surface area (Å²) in [6.07, 6.45) is 4.28. The first-order valence-corrected chi connectivity index (χ1v) is 3.63. The summed E-state index contributed by atoms with van der Waals surface area (Å²) in [5, 5.41) is 0. The van der Waals surface area contributed by atoms with Gasteiger partial charge in [0.15, 0.2) is 0 Å². The van der Waals surface area contributed by atoms with E-state index in [0.717, 1.165) is 14.9 Å². The summed E-state index contributed by atoms with van der Waals surface area (Å²) in [5.41, 5.74) is 1.20. The monoisotopic (exact) mass is 128 g/mol. The summed E-state index contributed by atoms with van der Waals surface area (Å²) in [6.45, 7) is 2.16. The van der Waals surface area contributed by atoms with Crippen molar-refractivity contribution in [1.82, 2.24) is 9.49 Å². The van der Waals surface area contributed by atoms with Crippen molar-refractivity contribution in [2.75, 3.05) is 0 Å². The molecule has 44 valence electrons. The normalized spacial score (nSPS) is 10.6. The van der Waals surface area contributed by atoms with E-state index in [0.29, 0.717) is 0 Å². The second kappa shape index (κ2) is 2.83. The van der Waals surface area contributed by atoms with Crippen LogP contribution >= 0.6 is 8.51 Å². The van der Waals surface area contributed by atoms with Crippen molar-refractivity contribution in [1.29, 1.82) is 0 Å². The average molecular weight is 128 g/mol. The Kier molecular flexibility index (Phi) is 2.04. The van der Waals surface area contributed by atoms with Gasteiger partial charge in [-0.1, -0.05) is 13.3 Å². The Morgan fingerprint density at radius 2 is 2.75 bits per heavy atom. The Balaban J connectivity index is 2.50. The van der Waals surface area contributed by atoms with Crippen molar-refractivity contribution in [3.8, 4) is 0 Å². The van der Waals surface area contributed by atoms with E-state index in [1.807, 2.05) is 6.20 Å². The van der Waals surface area contributed by atoms with Gasteiger partial charge in [0.2, 0.25) is 0 Å². The summed E-state index contributed by atoms with van der Waals surface area (Å²) in [5.74, 6) is 0. The molecule has 0 aliphatic rings. The maximum absolute atomic E-state index is 4.15. The van der Waals surface area contributed by atoms with Crippen LogP contribution in [0.3, 0.4) is 0 Å². The number of nitrogens with one attached hydrogen (secondary N) is 1. The molecule has 0 saturated heterocycles. The van der Waals surface area contributed by atoms with Crippen molar-refractivity contribution in [3.63, 3.8) is 0 Å². The molecule has 1 heterocycles. The van der Waals surface area contributed by atoms with Gasteiger partial charge in [-0.05, 0) is 6.42 Å². The zero-order valence-electron chi connectivity index (χ0n) is 4.89. The molecule has 0 atom stereocenters. The smallest absolute Gasteiger partial charge is 0.129 e. The Hall–Kier alpha value is -0.360. The molecule has 0 aliphatic carbocycles. The molecule has 0 fully saturated rings. The zero-order valence-corrected chi connectivity index (χ0v) is 5.78. The lowest BCUT2D eigenvalue weighted by molar-refractivity contribution is 0.898. The van der Waals surface area contributed by atoms with Gasteiger partial charge in [-0.3, -0.25) is 0 Å². The van der Waals surface area contributed by atoms with Gasteiger partial charge in [0, 0.05) is 6.20 Å². The lowest BCUT2D eigenvalue weighted by Gasteiger charge is -1.83. The first-order valence-electron chi connectivity index (χ1n) is 2.79. The van der Waals surface area contributed by atoms with Crippen molar-refractivity contribution in [2.45, 2.75) is 19.8 Å². The zero-order chi connectivity index (χ0) is 5.82. The molecule has 0 bridgehead atoms. The van der Waals surface area contributed by atoms with Crippen LogP contribution in [0.5, 0.6) is 0 Å². The van der Waals surface area contributed by atoms with Gasteiger partial charge < -0.3 is 4.75 Å². The van der Waals surface area contributed by atoms with Crippen LogP contribution in [-0.2, 0) is 6.42 Å². The third kappa shape index (κ3) is 1.31. The van der Waals surface area contributed by atoms with E-state index >= 15 is 0 Å². The Bertz CT molecular complexity index is 136. The second-order valence-corrected chi connectivity index (χ2v) is 2.37. The van der Waals surface area contributed by atoms with Crippen LogP contribution in [0.4, 0.5) is 0 Å². The van der Waals surface area contributed by atoms with Crippen LogP contribution in [0.2, 0.25) is 0 Å². The fraction of sp³-hybridized carbons (Fsp3) is 0.600. The van der Waals surface area contributed by atoms with Crippen LogP contribution in [0.25, 0.3) is 0 Å². The molecule has 1 aromatic rings. The number of H-pyrrole nitrogens is 1. The molecule has 2 nitrogen and oxygen atoms in total. The highest BCUT2D eigenvalue weighted by molar-refractivity contribution is 7.20. The average Bonchev–Trinajstić information content (AvgIpc) is 2.19. The molecule has 3 heteroatoms. The van der Waals surface area contributed by atoms with Gasteiger partial charge in [-0.2, -0.15) is 0 Å². The molecule has 1 rings (SSSR count). The Morgan fingerprint density at radius 1 is 1.88 bits per heavy atom. The third-order valence-corrected chi connectivity index (χ3v) is 1.57. The summed E-state index contributed by atoms with van der Waals surface area (Å²) in [4.78, 5) is 0. The fourth-order valence-electron chi connectivity index (χ4n) is 0.604. The molecule has 0 aromatic carbocycles. The van der Waals surface area contributed by atoms with E-state index in [2.05, 4.69) is 16.4 Å². The van der Waals surface area contributed by atoms with Crippen LogP contribution in [0, 0.1) is 0 Å². The largest absolute Gasteiger partial charge is 0.328 e. The van der Waals surface area contributed by atoms with Gasteiger partial charge in [0.1, 0.15) is 8.51 Å². The topological polar surface area (TPSA) is 28.7 Å². The molecule has 0 amide bonds. The molecule has 0 radical (unpaired) electrons. The molecule has 1 N–H and O–H groups in total. The molecular weight excluding hydrogens is 119 g/mol. The van der Waals surface area contributed by atoms with Crippen LogP contribution in [0.15, 0.2) is 6.20 Å². The SMILES string of the molecule is CCCc1c[nH]pn1. The Morgan fingerprint density at radius 3 is 3.25 bits per heavy atom. The number of aryl methyl sites for hydroxylation is 1. The lowest BCUT2D eigenvalue weighted by Crippen LogP contribution is -1.78. The predicted octanol–water partition coefficient (Wildman–Crippen LogP) is 1.94. The number of nitrogens with zero attached hydrogens (tertiary/aromatic N) is 1. The number of aromatic nitrogens is 2. The molecular formula is C5H9N2P. The van der Waals surface area contributed by atoms with E-state index in [1.165, 1.54) is 12.1 Å². The van der Waals surface area contributed by atoms with Crippen molar-refractivity contribution >= 4 is 8.51 Å². The quantitative estimate of drug-likeness (QED) is 0.647. The minimum Gasteiger partial charge on any atom is -0.328 e. The summed E-state index contributed by atoms with van der Waals surface area (Å²) >= 11 is 0. The van der Waals surface area contributed by atoms with Crippen molar-refractivity contribution in [3.05, 3.63) is 11.9 Å². The second-order valence-electron chi connectivity index (χ2n) is 1.71. The lowest BCUT2D eigenvalue weighted by atomic mass is 10.3. The first-order chi connectivity index (χ1) is 3.93. The van der Waals surface area contributed by atoms with E-state index < -0.39 is 0 Å². The number of hydrogen-bond donors (Lipinski definition) is 1. The van der Waals surface area contributed by atoms with Crippen molar-refractivity contribution in [2.24, 2.45) is 0 Å². The van der Waals surface area contributed by atoms with E-state index in [9.17, 15) is 0 Å². The number of aromatic amines is 1. The molecule has 8 heavy (non-hydrogen) atoms. The van der Waals surface area contributed by atoms with E-state index in [-0.39, 0.29) is 0 Å². The maximum atomic E-state index is 4.15. The van der Waals surface area contributed by atoms with Gasteiger partial charge in [-0.25, -0.2) is 4.75 Å². The molecule has 0 unspecified atom stereocenters. The highest BCUT2D eigenvalue weighted by atomic mass is 31.1. The molecule has 0 saturated carbocycles. The number of hydrogen-bond acceptors (Lipinski definition) is 1. The van der Waals surface area contributed by atoms with Gasteiger partial charge in [0.05, 0.1) is 5.69 Å². The summed E-state index contributed by atoms with van der Waals surface area (Å²) in [6, 6.07) is 0. The first kappa shape index (κ1) is 5.77.